The molecule has 1 unspecified atom stereocenters. The Kier molecular flexibility index (Phi) is 4.09. The number of amides is 1. The van der Waals surface area contributed by atoms with E-state index < -0.39 is 0 Å². The van der Waals surface area contributed by atoms with Gasteiger partial charge in [0.1, 0.15) is 5.75 Å². The first-order chi connectivity index (χ1) is 8.61. The summed E-state index contributed by atoms with van der Waals surface area (Å²) in [5.74, 6) is -0.110. The molecule has 0 spiro atoms. The van der Waals surface area contributed by atoms with Crippen molar-refractivity contribution in [1.82, 2.24) is 4.90 Å². The quantitative estimate of drug-likeness (QED) is 0.896. The maximum atomic E-state index is 12.3. The van der Waals surface area contributed by atoms with Crippen LogP contribution in [-0.2, 0) is 4.74 Å². The van der Waals surface area contributed by atoms with Gasteiger partial charge >= 0.3 is 0 Å². The number of hydrogen-bond acceptors (Lipinski definition) is 3. The van der Waals surface area contributed by atoms with Gasteiger partial charge < -0.3 is 14.7 Å². The Labute approximate surface area is 111 Å². The number of rotatable bonds is 2. The van der Waals surface area contributed by atoms with E-state index in [0.29, 0.717) is 30.3 Å². The molecule has 0 aliphatic carbocycles. The molecule has 98 valence electrons. The maximum Gasteiger partial charge on any atom is 0.255 e. The van der Waals surface area contributed by atoms with E-state index in [9.17, 15) is 9.90 Å². The highest BCUT2D eigenvalue weighted by atomic mass is 35.5. The molecule has 1 aromatic carbocycles. The molecule has 1 aliphatic heterocycles. The van der Waals surface area contributed by atoms with Crippen LogP contribution in [0.3, 0.4) is 0 Å². The van der Waals surface area contributed by atoms with E-state index in [1.165, 1.54) is 18.2 Å². The van der Waals surface area contributed by atoms with E-state index in [4.69, 9.17) is 16.3 Å². The van der Waals surface area contributed by atoms with Gasteiger partial charge in [0.25, 0.3) is 5.91 Å². The number of carbonyl (C=O) groups is 1. The Balaban J connectivity index is 2.17. The fourth-order valence-electron chi connectivity index (χ4n) is 2.00. The van der Waals surface area contributed by atoms with Crippen LogP contribution in [0.5, 0.6) is 5.75 Å². The van der Waals surface area contributed by atoms with E-state index in [1.54, 1.807) is 4.90 Å². The van der Waals surface area contributed by atoms with Crippen LogP contribution in [0.15, 0.2) is 18.2 Å². The highest BCUT2D eigenvalue weighted by Gasteiger charge is 2.25. The highest BCUT2D eigenvalue weighted by Crippen LogP contribution is 2.23. The molecule has 1 atom stereocenters. The molecule has 0 bridgehead atoms. The molecule has 4 nitrogen and oxygen atoms in total. The second-order valence-electron chi connectivity index (χ2n) is 4.32. The van der Waals surface area contributed by atoms with Gasteiger partial charge in [0, 0.05) is 13.1 Å². The number of hydrogen-bond donors (Lipinski definition) is 1. The normalized spacial score (nSPS) is 19.9. The Bertz CT molecular complexity index is 450. The number of morpholine rings is 1. The summed E-state index contributed by atoms with van der Waals surface area (Å²) in [7, 11) is 0. The van der Waals surface area contributed by atoms with Gasteiger partial charge in [-0.2, -0.15) is 0 Å². The molecule has 5 heteroatoms. The number of nitrogens with zero attached hydrogens (tertiary/aromatic N) is 1. The lowest BCUT2D eigenvalue weighted by atomic mass is 10.1. The van der Waals surface area contributed by atoms with Gasteiger partial charge in [0.05, 0.1) is 23.3 Å². The van der Waals surface area contributed by atoms with Crippen LogP contribution >= 0.6 is 11.6 Å². The van der Waals surface area contributed by atoms with Crippen molar-refractivity contribution in [3.8, 4) is 5.75 Å². The largest absolute Gasteiger partial charge is 0.508 e. The van der Waals surface area contributed by atoms with Crippen molar-refractivity contribution >= 4 is 17.5 Å². The minimum atomic E-state index is -0.155. The number of phenols is 1. The van der Waals surface area contributed by atoms with Crippen molar-refractivity contribution in [1.29, 1.82) is 0 Å². The monoisotopic (exact) mass is 269 g/mol. The van der Waals surface area contributed by atoms with Crippen LogP contribution in [0.2, 0.25) is 5.02 Å². The molecule has 1 N–H and O–H groups in total. The summed E-state index contributed by atoms with van der Waals surface area (Å²) in [6.07, 6.45) is 0.955. The van der Waals surface area contributed by atoms with E-state index in [1.807, 2.05) is 6.92 Å². The second kappa shape index (κ2) is 5.59. The number of ether oxygens (including phenoxy) is 1. The minimum Gasteiger partial charge on any atom is -0.508 e. The summed E-state index contributed by atoms with van der Waals surface area (Å²) in [6, 6.07) is 4.40. The fraction of sp³-hybridized carbons (Fsp3) is 0.462. The smallest absolute Gasteiger partial charge is 0.255 e. The van der Waals surface area contributed by atoms with Crippen LogP contribution in [0.25, 0.3) is 0 Å². The number of halogens is 1. The van der Waals surface area contributed by atoms with Crippen molar-refractivity contribution in [2.45, 2.75) is 19.4 Å². The third-order valence-electron chi connectivity index (χ3n) is 3.06. The number of benzene rings is 1. The average Bonchev–Trinajstić information content (AvgIpc) is 2.41. The summed E-state index contributed by atoms with van der Waals surface area (Å²) in [6.45, 7) is 3.70. The van der Waals surface area contributed by atoms with Gasteiger partial charge in [-0.05, 0) is 24.6 Å². The molecule has 18 heavy (non-hydrogen) atoms. The molecule has 1 aliphatic rings. The first-order valence-corrected chi connectivity index (χ1v) is 6.39. The van der Waals surface area contributed by atoms with Gasteiger partial charge in [0.15, 0.2) is 0 Å². The van der Waals surface area contributed by atoms with Crippen LogP contribution in [-0.4, -0.2) is 41.7 Å². The summed E-state index contributed by atoms with van der Waals surface area (Å²) >= 11 is 5.99. The zero-order chi connectivity index (χ0) is 13.1. The summed E-state index contributed by atoms with van der Waals surface area (Å²) in [4.78, 5) is 14.0. The first-order valence-electron chi connectivity index (χ1n) is 6.01. The Morgan fingerprint density at radius 1 is 1.61 bits per heavy atom. The van der Waals surface area contributed by atoms with Crippen molar-refractivity contribution in [3.05, 3.63) is 28.8 Å². The molecule has 1 heterocycles. The standard InChI is InChI=1S/C13H16ClNO3/c1-2-10-8-15(5-6-18-10)13(17)11-7-9(16)3-4-12(11)14/h3-4,7,10,16H,2,5-6,8H2,1H3. The zero-order valence-electron chi connectivity index (χ0n) is 10.2. The van der Waals surface area contributed by atoms with E-state index in [0.717, 1.165) is 6.42 Å². The van der Waals surface area contributed by atoms with Crippen LogP contribution in [0.4, 0.5) is 0 Å². The number of phenolic OH excluding ortho intramolecular Hbond substituents is 1. The van der Waals surface area contributed by atoms with Gasteiger partial charge in [-0.15, -0.1) is 0 Å². The first kappa shape index (κ1) is 13.2. The zero-order valence-corrected chi connectivity index (χ0v) is 11.0. The molecule has 1 aromatic rings. The predicted octanol–water partition coefficient (Wildman–Crippen LogP) is 2.30. The van der Waals surface area contributed by atoms with Gasteiger partial charge in [-0.1, -0.05) is 18.5 Å². The van der Waals surface area contributed by atoms with E-state index >= 15 is 0 Å². The van der Waals surface area contributed by atoms with Crippen molar-refractivity contribution in [2.24, 2.45) is 0 Å². The summed E-state index contributed by atoms with van der Waals surface area (Å²) in [5, 5.41) is 9.79. The van der Waals surface area contributed by atoms with Crippen LogP contribution in [0.1, 0.15) is 23.7 Å². The Morgan fingerprint density at radius 2 is 2.39 bits per heavy atom. The van der Waals surface area contributed by atoms with E-state index in [2.05, 4.69) is 0 Å². The van der Waals surface area contributed by atoms with Crippen LogP contribution in [0, 0.1) is 0 Å². The lowest BCUT2D eigenvalue weighted by Crippen LogP contribution is -2.45. The number of aromatic hydroxyl groups is 1. The number of carbonyl (C=O) groups excluding carboxylic acids is 1. The molecule has 1 fully saturated rings. The van der Waals surface area contributed by atoms with Crippen molar-refractivity contribution in [3.63, 3.8) is 0 Å². The SMILES string of the molecule is CCC1CN(C(=O)c2cc(O)ccc2Cl)CCO1. The second-order valence-corrected chi connectivity index (χ2v) is 4.72. The van der Waals surface area contributed by atoms with Crippen molar-refractivity contribution in [2.75, 3.05) is 19.7 Å². The lowest BCUT2D eigenvalue weighted by Gasteiger charge is -2.32. The molecule has 0 saturated carbocycles. The van der Waals surface area contributed by atoms with Gasteiger partial charge in [-0.3, -0.25) is 4.79 Å². The van der Waals surface area contributed by atoms with Crippen molar-refractivity contribution < 1.29 is 14.6 Å². The molecule has 0 radical (unpaired) electrons. The third-order valence-corrected chi connectivity index (χ3v) is 3.39. The lowest BCUT2D eigenvalue weighted by molar-refractivity contribution is -0.0226. The molecule has 0 aromatic heterocycles. The molecular weight excluding hydrogens is 254 g/mol. The highest BCUT2D eigenvalue weighted by molar-refractivity contribution is 6.33. The third kappa shape index (κ3) is 2.76. The molecular formula is C13H16ClNO3. The fourth-order valence-corrected chi connectivity index (χ4v) is 2.20. The average molecular weight is 270 g/mol. The van der Waals surface area contributed by atoms with E-state index in [-0.39, 0.29) is 17.8 Å². The minimum absolute atomic E-state index is 0.0445. The van der Waals surface area contributed by atoms with Gasteiger partial charge in [-0.25, -0.2) is 0 Å². The van der Waals surface area contributed by atoms with Gasteiger partial charge in [0.2, 0.25) is 0 Å². The maximum absolute atomic E-state index is 12.3. The topological polar surface area (TPSA) is 49.8 Å². The molecule has 2 rings (SSSR count). The molecule has 1 amide bonds. The summed E-state index contributed by atoms with van der Waals surface area (Å²) in [5.41, 5.74) is 0.341. The summed E-state index contributed by atoms with van der Waals surface area (Å²) < 4.78 is 5.52. The van der Waals surface area contributed by atoms with Crippen LogP contribution < -0.4 is 0 Å². The predicted molar refractivity (Wildman–Crippen MR) is 69.1 cm³/mol. The Hall–Kier alpha value is -1.26. The molecule has 1 saturated heterocycles. The Morgan fingerprint density at radius 3 is 3.11 bits per heavy atom.